The van der Waals surface area contributed by atoms with Crippen LogP contribution in [0.5, 0.6) is 5.75 Å². The summed E-state index contributed by atoms with van der Waals surface area (Å²) >= 11 is 0. The minimum atomic E-state index is -4.69. The van der Waals surface area contributed by atoms with Crippen molar-refractivity contribution in [1.82, 2.24) is 4.90 Å². The molecule has 0 aromatic heterocycles. The number of likely N-dealkylation sites (tertiary alicyclic amines) is 1. The Morgan fingerprint density at radius 3 is 2.70 bits per heavy atom. The van der Waals surface area contributed by atoms with Crippen LogP contribution < -0.4 is 4.74 Å². The number of hydrogen-bond donors (Lipinski definition) is 1. The van der Waals surface area contributed by atoms with E-state index in [1.54, 1.807) is 6.07 Å². The highest BCUT2D eigenvalue weighted by atomic mass is 19.4. The topological polar surface area (TPSA) is 49.8 Å². The van der Waals surface area contributed by atoms with Crippen molar-refractivity contribution < 1.29 is 27.8 Å². The summed E-state index contributed by atoms with van der Waals surface area (Å²) in [6.45, 7) is 1.79. The van der Waals surface area contributed by atoms with E-state index in [0.29, 0.717) is 25.2 Å². The molecule has 1 aliphatic rings. The fraction of sp³-hybridized carbons (Fsp3) is 0.462. The first-order chi connectivity index (χ1) is 9.32. The van der Waals surface area contributed by atoms with Crippen molar-refractivity contribution in [3.8, 4) is 5.75 Å². The molecular formula is C13H14F3NO3. The number of carbonyl (C=O) groups is 1. The Hall–Kier alpha value is -1.76. The average Bonchev–Trinajstić information content (AvgIpc) is 2.23. The molecule has 1 aromatic rings. The van der Waals surface area contributed by atoms with Crippen molar-refractivity contribution in [3.05, 3.63) is 29.8 Å². The van der Waals surface area contributed by atoms with Gasteiger partial charge in [-0.25, -0.2) is 0 Å². The van der Waals surface area contributed by atoms with Crippen LogP contribution >= 0.6 is 0 Å². The van der Waals surface area contributed by atoms with Crippen molar-refractivity contribution in [2.45, 2.75) is 19.3 Å². The van der Waals surface area contributed by atoms with E-state index in [2.05, 4.69) is 4.74 Å². The standard InChI is InChI=1S/C13H14F3NO3/c14-13(15,16)20-11-3-1-2-9(4-11)6-17-7-10(8-17)5-12(18)19/h1-4,10H,5-8H2,(H,18,19). The number of alkyl halides is 3. The van der Waals surface area contributed by atoms with Crippen molar-refractivity contribution in [3.63, 3.8) is 0 Å². The molecule has 20 heavy (non-hydrogen) atoms. The minimum Gasteiger partial charge on any atom is -0.481 e. The number of ether oxygens (including phenoxy) is 1. The van der Waals surface area contributed by atoms with Gasteiger partial charge >= 0.3 is 12.3 Å². The summed E-state index contributed by atoms with van der Waals surface area (Å²) in [4.78, 5) is 12.5. The third kappa shape index (κ3) is 4.41. The lowest BCUT2D eigenvalue weighted by Crippen LogP contribution is -2.46. The second-order valence-electron chi connectivity index (χ2n) is 4.85. The van der Waals surface area contributed by atoms with Gasteiger partial charge in [-0.1, -0.05) is 12.1 Å². The summed E-state index contributed by atoms with van der Waals surface area (Å²) in [6, 6.07) is 5.82. The molecule has 1 heterocycles. The Morgan fingerprint density at radius 1 is 1.40 bits per heavy atom. The van der Waals surface area contributed by atoms with Crippen LogP contribution in [0.3, 0.4) is 0 Å². The lowest BCUT2D eigenvalue weighted by molar-refractivity contribution is -0.274. The fourth-order valence-corrected chi connectivity index (χ4v) is 2.28. The molecule has 0 saturated carbocycles. The molecule has 110 valence electrons. The molecule has 4 nitrogen and oxygen atoms in total. The predicted molar refractivity (Wildman–Crippen MR) is 64.1 cm³/mol. The first-order valence-corrected chi connectivity index (χ1v) is 6.10. The summed E-state index contributed by atoms with van der Waals surface area (Å²) in [5.74, 6) is -0.935. The highest BCUT2D eigenvalue weighted by Crippen LogP contribution is 2.26. The molecule has 7 heteroatoms. The van der Waals surface area contributed by atoms with Crippen LogP contribution in [0.1, 0.15) is 12.0 Å². The number of hydrogen-bond acceptors (Lipinski definition) is 3. The van der Waals surface area contributed by atoms with Crippen molar-refractivity contribution in [2.75, 3.05) is 13.1 Å². The molecule has 0 unspecified atom stereocenters. The van der Waals surface area contributed by atoms with Crippen molar-refractivity contribution >= 4 is 5.97 Å². The van der Waals surface area contributed by atoms with E-state index in [1.807, 2.05) is 4.90 Å². The number of carboxylic acids is 1. The lowest BCUT2D eigenvalue weighted by Gasteiger charge is -2.38. The normalized spacial score (nSPS) is 16.8. The highest BCUT2D eigenvalue weighted by molar-refractivity contribution is 5.67. The van der Waals surface area contributed by atoms with Gasteiger partial charge < -0.3 is 9.84 Å². The van der Waals surface area contributed by atoms with Crippen molar-refractivity contribution in [1.29, 1.82) is 0 Å². The van der Waals surface area contributed by atoms with Crippen LogP contribution in [0.25, 0.3) is 0 Å². The number of aliphatic carboxylic acids is 1. The van der Waals surface area contributed by atoms with Crippen LogP contribution in [0.15, 0.2) is 24.3 Å². The molecule has 0 radical (unpaired) electrons. The zero-order chi connectivity index (χ0) is 14.8. The first kappa shape index (κ1) is 14.6. The van der Waals surface area contributed by atoms with E-state index in [-0.39, 0.29) is 18.1 Å². The molecule has 1 aromatic carbocycles. The van der Waals surface area contributed by atoms with Crippen molar-refractivity contribution in [2.24, 2.45) is 5.92 Å². The second kappa shape index (κ2) is 5.70. The third-order valence-corrected chi connectivity index (χ3v) is 3.03. The minimum absolute atomic E-state index is 0.127. The lowest BCUT2D eigenvalue weighted by atomic mass is 9.96. The Bertz CT molecular complexity index is 484. The highest BCUT2D eigenvalue weighted by Gasteiger charge is 2.31. The molecule has 1 saturated heterocycles. The number of benzene rings is 1. The van der Waals surface area contributed by atoms with Gasteiger partial charge in [-0.05, 0) is 23.6 Å². The largest absolute Gasteiger partial charge is 0.573 e. The van der Waals surface area contributed by atoms with Gasteiger partial charge in [0.2, 0.25) is 0 Å². The van der Waals surface area contributed by atoms with Gasteiger partial charge in [0.25, 0.3) is 0 Å². The van der Waals surface area contributed by atoms with E-state index in [1.165, 1.54) is 18.2 Å². The second-order valence-corrected chi connectivity index (χ2v) is 4.85. The summed E-state index contributed by atoms with van der Waals surface area (Å²) in [7, 11) is 0. The maximum atomic E-state index is 12.1. The van der Waals surface area contributed by atoms with Gasteiger partial charge in [-0.3, -0.25) is 9.69 Å². The molecule has 0 amide bonds. The number of rotatable bonds is 5. The number of carboxylic acid groups (broad SMARTS) is 1. The molecule has 1 N–H and O–H groups in total. The Kier molecular flexibility index (Phi) is 4.17. The molecule has 0 aliphatic carbocycles. The number of halogens is 3. The average molecular weight is 289 g/mol. The Labute approximate surface area is 113 Å². The molecule has 0 spiro atoms. The third-order valence-electron chi connectivity index (χ3n) is 3.03. The van der Waals surface area contributed by atoms with Gasteiger partial charge in [0, 0.05) is 19.6 Å². The molecule has 1 aliphatic heterocycles. The molecular weight excluding hydrogens is 275 g/mol. The summed E-state index contributed by atoms with van der Waals surface area (Å²) in [6.07, 6.45) is -4.56. The van der Waals surface area contributed by atoms with Crippen LogP contribution in [0, 0.1) is 5.92 Å². The SMILES string of the molecule is O=C(O)CC1CN(Cc2cccc(OC(F)(F)F)c2)C1. The fourth-order valence-electron chi connectivity index (χ4n) is 2.28. The Morgan fingerprint density at radius 2 is 2.10 bits per heavy atom. The van der Waals surface area contributed by atoms with Crippen LogP contribution in [0.2, 0.25) is 0 Å². The molecule has 2 rings (SSSR count). The zero-order valence-corrected chi connectivity index (χ0v) is 10.6. The van der Waals surface area contributed by atoms with Crippen LogP contribution in [0.4, 0.5) is 13.2 Å². The monoisotopic (exact) mass is 289 g/mol. The maximum absolute atomic E-state index is 12.1. The van der Waals surface area contributed by atoms with Gasteiger partial charge in [0.15, 0.2) is 0 Å². The van der Waals surface area contributed by atoms with E-state index in [0.717, 1.165) is 0 Å². The van der Waals surface area contributed by atoms with Gasteiger partial charge in [0.1, 0.15) is 5.75 Å². The van der Waals surface area contributed by atoms with Gasteiger partial charge in [-0.15, -0.1) is 13.2 Å². The quantitative estimate of drug-likeness (QED) is 0.904. The van der Waals surface area contributed by atoms with Crippen LogP contribution in [-0.4, -0.2) is 35.4 Å². The van der Waals surface area contributed by atoms with E-state index in [4.69, 9.17) is 5.11 Å². The molecule has 0 atom stereocenters. The van der Waals surface area contributed by atoms with E-state index < -0.39 is 12.3 Å². The predicted octanol–water partition coefficient (Wildman–Crippen LogP) is 2.49. The first-order valence-electron chi connectivity index (χ1n) is 6.10. The van der Waals surface area contributed by atoms with E-state index >= 15 is 0 Å². The summed E-state index contributed by atoms with van der Waals surface area (Å²) in [5.41, 5.74) is 0.709. The molecule has 1 fully saturated rings. The smallest absolute Gasteiger partial charge is 0.481 e. The number of nitrogens with zero attached hydrogens (tertiary/aromatic N) is 1. The maximum Gasteiger partial charge on any atom is 0.573 e. The van der Waals surface area contributed by atoms with E-state index in [9.17, 15) is 18.0 Å². The summed E-state index contributed by atoms with van der Waals surface area (Å²) < 4.78 is 40.1. The zero-order valence-electron chi connectivity index (χ0n) is 10.6. The van der Waals surface area contributed by atoms with Crippen LogP contribution in [-0.2, 0) is 11.3 Å². The van der Waals surface area contributed by atoms with Gasteiger partial charge in [0.05, 0.1) is 6.42 Å². The van der Waals surface area contributed by atoms with Gasteiger partial charge in [-0.2, -0.15) is 0 Å². The Balaban J connectivity index is 1.85. The summed E-state index contributed by atoms with van der Waals surface area (Å²) in [5, 5.41) is 8.63. The molecule has 0 bridgehead atoms.